The highest BCUT2D eigenvalue weighted by molar-refractivity contribution is 5.70. The van der Waals surface area contributed by atoms with Crippen molar-refractivity contribution < 1.29 is 38.2 Å². The second-order valence-corrected chi connectivity index (χ2v) is 20.5. The number of carbonyl (C=O) groups excluding carboxylic acids is 3. The molecule has 2 unspecified atom stereocenters. The van der Waals surface area contributed by atoms with E-state index in [1.807, 2.05) is 21.1 Å². The van der Waals surface area contributed by atoms with Crippen LogP contribution >= 0.6 is 0 Å². The molecule has 0 spiro atoms. The topological polar surface area (TPSA) is 102 Å². The first kappa shape index (κ1) is 62.3. The number of rotatable bonds is 52. The van der Waals surface area contributed by atoms with E-state index in [1.165, 1.54) is 218 Å². The van der Waals surface area contributed by atoms with Crippen LogP contribution in [0.1, 0.15) is 290 Å². The number of hydrogen-bond acceptors (Lipinski definition) is 7. The largest absolute Gasteiger partial charge is 0.544 e. The van der Waals surface area contributed by atoms with Gasteiger partial charge in [-0.25, -0.2) is 0 Å². The maximum atomic E-state index is 12.8. The lowest BCUT2D eigenvalue weighted by molar-refractivity contribution is -0.889. The van der Waals surface area contributed by atoms with Crippen LogP contribution in [0.3, 0.4) is 0 Å². The summed E-state index contributed by atoms with van der Waals surface area (Å²) >= 11 is 0. The van der Waals surface area contributed by atoms with Gasteiger partial charge < -0.3 is 28.6 Å². The number of carboxylic acids is 1. The predicted molar refractivity (Wildman–Crippen MR) is 268 cm³/mol. The van der Waals surface area contributed by atoms with E-state index in [2.05, 4.69) is 13.8 Å². The third kappa shape index (κ3) is 45.5. The van der Waals surface area contributed by atoms with Gasteiger partial charge in [-0.2, -0.15) is 0 Å². The molecule has 64 heavy (non-hydrogen) atoms. The van der Waals surface area contributed by atoms with Crippen molar-refractivity contribution in [3.8, 4) is 0 Å². The summed E-state index contributed by atoms with van der Waals surface area (Å²) in [5.74, 6) is -1.70. The summed E-state index contributed by atoms with van der Waals surface area (Å²) in [6.45, 7) is 4.74. The van der Waals surface area contributed by atoms with Crippen LogP contribution in [0.15, 0.2) is 0 Å². The smallest absolute Gasteiger partial charge is 0.306 e. The molecule has 0 aromatic carbocycles. The molecule has 0 radical (unpaired) electrons. The Morgan fingerprint density at radius 2 is 0.688 bits per heavy atom. The van der Waals surface area contributed by atoms with E-state index in [0.29, 0.717) is 12.8 Å². The van der Waals surface area contributed by atoms with Crippen molar-refractivity contribution in [1.29, 1.82) is 0 Å². The van der Waals surface area contributed by atoms with E-state index in [-0.39, 0.29) is 42.7 Å². The lowest BCUT2D eigenvalue weighted by Crippen LogP contribution is -2.55. The molecule has 0 aliphatic rings. The minimum Gasteiger partial charge on any atom is -0.544 e. The van der Waals surface area contributed by atoms with Crippen molar-refractivity contribution in [2.45, 2.75) is 302 Å². The number of nitrogens with zero attached hydrogens (tertiary/aromatic N) is 1. The Morgan fingerprint density at radius 1 is 0.406 bits per heavy atom. The zero-order valence-electron chi connectivity index (χ0n) is 43.5. The molecule has 0 heterocycles. The van der Waals surface area contributed by atoms with Gasteiger partial charge in [-0.1, -0.05) is 258 Å². The third-order valence-electron chi connectivity index (χ3n) is 13.2. The highest BCUT2D eigenvalue weighted by atomic mass is 16.6. The highest BCUT2D eigenvalue weighted by Crippen LogP contribution is 2.18. The monoisotopic (exact) mass is 908 g/mol. The van der Waals surface area contributed by atoms with E-state index in [0.717, 1.165) is 38.5 Å². The predicted octanol–water partition coefficient (Wildman–Crippen LogP) is 15.1. The Bertz CT molecular complexity index is 1010. The normalized spacial score (nSPS) is 12.7. The van der Waals surface area contributed by atoms with Crippen molar-refractivity contribution >= 4 is 17.9 Å². The zero-order chi connectivity index (χ0) is 47.0. The molecule has 0 aliphatic heterocycles. The molecule has 0 amide bonds. The number of carboxylic acid groups (broad SMARTS) is 1. The number of unbranched alkanes of at least 4 members (excludes halogenated alkanes) is 38. The molecule has 0 aromatic rings. The van der Waals surface area contributed by atoms with Crippen molar-refractivity contribution in [3.63, 3.8) is 0 Å². The Labute approximate surface area is 397 Å². The standard InChI is InChI=1S/C56H109NO7/c1-6-8-10-12-14-16-18-20-22-24-25-26-27-28-29-31-32-34-36-38-40-42-44-46-54(58)63-51-52(50-62-49-48-53(56(60)61)57(3,4)5)64-55(59)47-45-43-41-39-37-35-33-30-23-21-19-17-15-13-11-9-7-2/h52-53H,6-51H2,1-5H3. The SMILES string of the molecule is CCCCCCCCCCCCCCCCCCCCCCCCCC(=O)OCC(COCCC(C(=O)[O-])[N+](C)(C)C)OC(=O)CCCCCCCCCCCCCCCCCCC. The molecule has 2 atom stereocenters. The van der Waals surface area contributed by atoms with Gasteiger partial charge >= 0.3 is 11.9 Å². The van der Waals surface area contributed by atoms with Crippen molar-refractivity contribution in [3.05, 3.63) is 0 Å². The van der Waals surface area contributed by atoms with Crippen LogP contribution in [0.4, 0.5) is 0 Å². The van der Waals surface area contributed by atoms with Crippen LogP contribution in [-0.2, 0) is 28.6 Å². The molecule has 0 aromatic heterocycles. The molecule has 380 valence electrons. The fourth-order valence-corrected chi connectivity index (χ4v) is 8.90. The number of ether oxygens (including phenoxy) is 3. The number of carbonyl (C=O) groups is 3. The van der Waals surface area contributed by atoms with Crippen LogP contribution in [0, 0.1) is 0 Å². The Morgan fingerprint density at radius 3 is 0.969 bits per heavy atom. The minimum absolute atomic E-state index is 0.0500. The lowest BCUT2D eigenvalue weighted by Gasteiger charge is -2.34. The summed E-state index contributed by atoms with van der Waals surface area (Å²) in [5, 5.41) is 11.7. The highest BCUT2D eigenvalue weighted by Gasteiger charge is 2.25. The van der Waals surface area contributed by atoms with E-state index in [9.17, 15) is 19.5 Å². The van der Waals surface area contributed by atoms with Gasteiger partial charge in [0.2, 0.25) is 0 Å². The lowest BCUT2D eigenvalue weighted by atomic mass is 10.0. The van der Waals surface area contributed by atoms with Gasteiger partial charge in [0, 0.05) is 19.3 Å². The number of quaternary nitrogens is 1. The quantitative estimate of drug-likeness (QED) is 0.0340. The summed E-state index contributed by atoms with van der Waals surface area (Å²) in [7, 11) is 5.44. The van der Waals surface area contributed by atoms with E-state index in [1.54, 1.807) is 0 Å². The van der Waals surface area contributed by atoms with E-state index >= 15 is 0 Å². The van der Waals surface area contributed by atoms with Gasteiger partial charge in [-0.05, 0) is 12.8 Å². The van der Waals surface area contributed by atoms with Crippen LogP contribution < -0.4 is 5.11 Å². The number of esters is 2. The maximum Gasteiger partial charge on any atom is 0.306 e. The van der Waals surface area contributed by atoms with Gasteiger partial charge in [-0.3, -0.25) is 9.59 Å². The molecule has 0 saturated carbocycles. The average Bonchev–Trinajstić information content (AvgIpc) is 3.26. The number of hydrogen-bond donors (Lipinski definition) is 0. The van der Waals surface area contributed by atoms with Gasteiger partial charge in [0.25, 0.3) is 0 Å². The molecule has 0 rings (SSSR count). The van der Waals surface area contributed by atoms with Crippen LogP contribution in [-0.4, -0.2) is 75.5 Å². The van der Waals surface area contributed by atoms with Gasteiger partial charge in [0.15, 0.2) is 6.10 Å². The van der Waals surface area contributed by atoms with Gasteiger partial charge in [-0.15, -0.1) is 0 Å². The molecule has 8 heteroatoms. The summed E-state index contributed by atoms with van der Waals surface area (Å²) in [6.07, 6.45) is 52.8. The Kier molecular flexibility index (Phi) is 46.6. The van der Waals surface area contributed by atoms with E-state index in [4.69, 9.17) is 14.2 Å². The third-order valence-corrected chi connectivity index (χ3v) is 13.2. The second kappa shape index (κ2) is 47.8. The summed E-state index contributed by atoms with van der Waals surface area (Å²) < 4.78 is 17.3. The maximum absolute atomic E-state index is 12.8. The number of aliphatic carboxylic acids is 1. The molecular weight excluding hydrogens is 799 g/mol. The minimum atomic E-state index is -1.12. The Hall–Kier alpha value is -1.67. The molecule has 0 N–H and O–H groups in total. The number of likely N-dealkylation sites (N-methyl/N-ethyl adjacent to an activating group) is 1. The first-order valence-electron chi connectivity index (χ1n) is 28.1. The molecule has 0 aliphatic carbocycles. The fourth-order valence-electron chi connectivity index (χ4n) is 8.90. The molecule has 8 nitrogen and oxygen atoms in total. The van der Waals surface area contributed by atoms with Crippen molar-refractivity contribution in [2.24, 2.45) is 0 Å². The molecule has 0 fully saturated rings. The van der Waals surface area contributed by atoms with Crippen LogP contribution in [0.5, 0.6) is 0 Å². The van der Waals surface area contributed by atoms with E-state index < -0.39 is 18.1 Å². The van der Waals surface area contributed by atoms with Crippen molar-refractivity contribution in [1.82, 2.24) is 0 Å². The summed E-state index contributed by atoms with van der Waals surface area (Å²) in [5.41, 5.74) is 0. The summed E-state index contributed by atoms with van der Waals surface area (Å²) in [4.78, 5) is 37.1. The van der Waals surface area contributed by atoms with Crippen LogP contribution in [0.25, 0.3) is 0 Å². The average molecular weight is 908 g/mol. The Balaban J connectivity index is 4.10. The molecular formula is C56H109NO7. The van der Waals surface area contributed by atoms with Crippen LogP contribution in [0.2, 0.25) is 0 Å². The zero-order valence-corrected chi connectivity index (χ0v) is 43.5. The molecule has 0 bridgehead atoms. The first-order chi connectivity index (χ1) is 31.1. The van der Waals surface area contributed by atoms with Crippen molar-refractivity contribution in [2.75, 3.05) is 41.0 Å². The second-order valence-electron chi connectivity index (χ2n) is 20.5. The fraction of sp³-hybridized carbons (Fsp3) is 0.946. The van der Waals surface area contributed by atoms with Gasteiger partial charge in [0.1, 0.15) is 12.6 Å². The molecule has 0 saturated heterocycles. The van der Waals surface area contributed by atoms with Gasteiger partial charge in [0.05, 0.1) is 40.3 Å². The summed E-state index contributed by atoms with van der Waals surface area (Å²) in [6, 6.07) is -0.720. The first-order valence-corrected chi connectivity index (χ1v) is 28.1.